The van der Waals surface area contributed by atoms with E-state index in [0.29, 0.717) is 0 Å². The molecule has 0 spiro atoms. The molecule has 0 amide bonds. The fourth-order valence-electron chi connectivity index (χ4n) is 0.351. The Morgan fingerprint density at radius 1 is 1.07 bits per heavy atom. The number of carbonyl (C=O) groups is 3. The van der Waals surface area contributed by atoms with Crippen molar-refractivity contribution >= 4 is 17.5 Å². The van der Waals surface area contributed by atoms with Gasteiger partial charge in [0, 0.05) is 0 Å². The number of carbonyl (C=O) groups excluding carboxylic acids is 2. The van der Waals surface area contributed by atoms with E-state index in [0.717, 1.165) is 0 Å². The van der Waals surface area contributed by atoms with Crippen LogP contribution in [-0.2, 0) is 14.4 Å². The van der Waals surface area contributed by atoms with Gasteiger partial charge in [0.05, 0.1) is 6.42 Å². The molecule has 7 heteroatoms. The predicted molar refractivity (Wildman–Crippen MR) is 39.7 cm³/mol. The van der Waals surface area contributed by atoms with Crippen LogP contribution in [0.2, 0.25) is 0 Å². The van der Waals surface area contributed by atoms with Gasteiger partial charge >= 0.3 is 12.1 Å². The maximum Gasteiger partial charge on any atom is 0.490 e. The maximum atomic E-state index is 10.6. The number of alkyl halides is 3. The van der Waals surface area contributed by atoms with Gasteiger partial charge in [-0.1, -0.05) is 0 Å². The van der Waals surface area contributed by atoms with Crippen LogP contribution >= 0.6 is 0 Å². The van der Waals surface area contributed by atoms with Crippen LogP contribution in [0.3, 0.4) is 0 Å². The number of carboxylic acids is 1. The van der Waals surface area contributed by atoms with Crippen molar-refractivity contribution in [3.63, 3.8) is 0 Å². The Bertz CT molecular complexity index is 220. The van der Waals surface area contributed by atoms with E-state index in [1.807, 2.05) is 0 Å². The Morgan fingerprint density at radius 2 is 1.29 bits per heavy atom. The largest absolute Gasteiger partial charge is 0.490 e. The Kier molecular flexibility index (Phi) is 6.59. The van der Waals surface area contributed by atoms with E-state index in [2.05, 4.69) is 0 Å². The zero-order chi connectivity index (χ0) is 11.9. The first-order chi connectivity index (χ1) is 6.07. The fraction of sp³-hybridized carbons (Fsp3) is 0.571. The van der Waals surface area contributed by atoms with Crippen molar-refractivity contribution in [2.75, 3.05) is 0 Å². The first-order valence-electron chi connectivity index (χ1n) is 3.36. The molecule has 0 radical (unpaired) electrons. The van der Waals surface area contributed by atoms with E-state index in [9.17, 15) is 22.8 Å². The lowest BCUT2D eigenvalue weighted by Gasteiger charge is -1.93. The van der Waals surface area contributed by atoms with Crippen molar-refractivity contribution in [2.45, 2.75) is 26.4 Å². The molecule has 0 rings (SSSR count). The van der Waals surface area contributed by atoms with Gasteiger partial charge in [0.25, 0.3) is 0 Å². The van der Waals surface area contributed by atoms with E-state index in [1.54, 1.807) is 0 Å². The first kappa shape index (κ1) is 15.1. The summed E-state index contributed by atoms with van der Waals surface area (Å²) in [7, 11) is 0. The molecular formula is C7H9F3O4. The monoisotopic (exact) mass is 214 g/mol. The molecule has 0 unspecified atom stereocenters. The number of halogens is 3. The third-order valence-corrected chi connectivity index (χ3v) is 0.740. The quantitative estimate of drug-likeness (QED) is 0.701. The summed E-state index contributed by atoms with van der Waals surface area (Å²) in [4.78, 5) is 29.0. The summed E-state index contributed by atoms with van der Waals surface area (Å²) in [5, 5.41) is 7.12. The summed E-state index contributed by atoms with van der Waals surface area (Å²) >= 11 is 0. The third-order valence-electron chi connectivity index (χ3n) is 0.740. The van der Waals surface area contributed by atoms with Gasteiger partial charge in [0.15, 0.2) is 0 Å². The molecule has 0 aromatic carbocycles. The minimum atomic E-state index is -5.08. The average molecular weight is 214 g/mol. The summed E-state index contributed by atoms with van der Waals surface area (Å²) < 4.78 is 31.7. The van der Waals surface area contributed by atoms with Crippen molar-refractivity contribution in [3.05, 3.63) is 0 Å². The third kappa shape index (κ3) is 13.2. The number of aliphatic carboxylic acids is 1. The highest BCUT2D eigenvalue weighted by atomic mass is 19.4. The van der Waals surface area contributed by atoms with Crippen LogP contribution in [0, 0.1) is 0 Å². The van der Waals surface area contributed by atoms with Gasteiger partial charge in [-0.15, -0.1) is 0 Å². The highest BCUT2D eigenvalue weighted by molar-refractivity contribution is 5.96. The second-order valence-electron chi connectivity index (χ2n) is 2.38. The molecule has 14 heavy (non-hydrogen) atoms. The second kappa shape index (κ2) is 6.11. The van der Waals surface area contributed by atoms with Gasteiger partial charge in [0.2, 0.25) is 0 Å². The summed E-state index contributed by atoms with van der Waals surface area (Å²) in [5.74, 6) is -2.88. The van der Waals surface area contributed by atoms with Crippen molar-refractivity contribution in [3.8, 4) is 0 Å². The molecule has 0 aliphatic heterocycles. The average Bonchev–Trinajstić information content (AvgIpc) is 1.81. The number of rotatable bonds is 2. The number of hydrogen-bond acceptors (Lipinski definition) is 3. The highest BCUT2D eigenvalue weighted by Crippen LogP contribution is 2.13. The number of Topliss-reactive ketones (excluding diaryl/α,β-unsaturated/α-hetero) is 2. The molecule has 82 valence electrons. The zero-order valence-corrected chi connectivity index (χ0v) is 7.51. The molecule has 0 saturated carbocycles. The van der Waals surface area contributed by atoms with Crippen molar-refractivity contribution in [1.82, 2.24) is 0 Å². The van der Waals surface area contributed by atoms with E-state index in [4.69, 9.17) is 9.90 Å². The Morgan fingerprint density at radius 3 is 1.29 bits per heavy atom. The van der Waals surface area contributed by atoms with Gasteiger partial charge < -0.3 is 5.11 Å². The second-order valence-corrected chi connectivity index (χ2v) is 2.38. The molecule has 0 atom stereocenters. The van der Waals surface area contributed by atoms with E-state index < -0.39 is 12.1 Å². The Labute approximate surface area is 77.7 Å². The van der Waals surface area contributed by atoms with E-state index >= 15 is 0 Å². The normalized spacial score (nSPS) is 9.79. The molecule has 0 heterocycles. The number of hydrogen-bond donors (Lipinski definition) is 1. The zero-order valence-electron chi connectivity index (χ0n) is 7.51. The summed E-state index contributed by atoms with van der Waals surface area (Å²) in [6.07, 6.45) is -5.00. The van der Waals surface area contributed by atoms with Crippen LogP contribution in [0.5, 0.6) is 0 Å². The smallest absolute Gasteiger partial charge is 0.475 e. The van der Waals surface area contributed by atoms with Crippen LogP contribution < -0.4 is 0 Å². The lowest BCUT2D eigenvalue weighted by atomic mass is 10.2. The lowest BCUT2D eigenvalue weighted by Crippen LogP contribution is -2.21. The number of ketones is 2. The Balaban J connectivity index is 0. The maximum absolute atomic E-state index is 10.6. The van der Waals surface area contributed by atoms with Gasteiger partial charge in [0.1, 0.15) is 11.6 Å². The highest BCUT2D eigenvalue weighted by Gasteiger charge is 2.38. The Hall–Kier alpha value is -1.40. The van der Waals surface area contributed by atoms with E-state index in [-0.39, 0.29) is 18.0 Å². The first-order valence-corrected chi connectivity index (χ1v) is 3.36. The molecule has 0 aromatic rings. The minimum absolute atomic E-state index is 0.0625. The molecular weight excluding hydrogens is 205 g/mol. The van der Waals surface area contributed by atoms with Crippen LogP contribution in [0.1, 0.15) is 20.3 Å². The van der Waals surface area contributed by atoms with Crippen molar-refractivity contribution in [1.29, 1.82) is 0 Å². The fourth-order valence-corrected chi connectivity index (χ4v) is 0.351. The van der Waals surface area contributed by atoms with Gasteiger partial charge in [-0.2, -0.15) is 13.2 Å². The number of carboxylic acid groups (broad SMARTS) is 1. The minimum Gasteiger partial charge on any atom is -0.475 e. The topological polar surface area (TPSA) is 71.4 Å². The molecule has 0 aromatic heterocycles. The van der Waals surface area contributed by atoms with Crippen LogP contribution in [-0.4, -0.2) is 28.8 Å². The molecule has 0 bridgehead atoms. The molecule has 0 saturated heterocycles. The summed E-state index contributed by atoms with van der Waals surface area (Å²) in [5.41, 5.74) is 0. The van der Waals surface area contributed by atoms with Crippen LogP contribution in [0.25, 0.3) is 0 Å². The predicted octanol–water partition coefficient (Wildman–Crippen LogP) is 1.19. The van der Waals surface area contributed by atoms with Gasteiger partial charge in [-0.3, -0.25) is 9.59 Å². The van der Waals surface area contributed by atoms with Gasteiger partial charge in [-0.25, -0.2) is 4.79 Å². The molecule has 0 fully saturated rings. The molecule has 4 nitrogen and oxygen atoms in total. The van der Waals surface area contributed by atoms with Crippen molar-refractivity contribution in [2.24, 2.45) is 0 Å². The summed E-state index contributed by atoms with van der Waals surface area (Å²) in [6.45, 7) is 2.81. The van der Waals surface area contributed by atoms with Crippen LogP contribution in [0.4, 0.5) is 13.2 Å². The molecule has 0 aliphatic rings. The molecule has 1 N–H and O–H groups in total. The van der Waals surface area contributed by atoms with Crippen LogP contribution in [0.15, 0.2) is 0 Å². The standard InChI is InChI=1S/C5H8O2.C2HF3O2/c1-4(6)3-5(2)7;3-2(4,5)1(6)7/h3H2,1-2H3;(H,6,7). The van der Waals surface area contributed by atoms with Gasteiger partial charge in [-0.05, 0) is 13.8 Å². The van der Waals surface area contributed by atoms with Crippen molar-refractivity contribution < 1.29 is 32.7 Å². The SMILES string of the molecule is CC(=O)CC(C)=O.O=C(O)C(F)(F)F. The summed E-state index contributed by atoms with van der Waals surface area (Å²) in [6, 6.07) is 0. The lowest BCUT2D eigenvalue weighted by molar-refractivity contribution is -0.192. The van der Waals surface area contributed by atoms with E-state index in [1.165, 1.54) is 13.8 Å². The molecule has 0 aliphatic carbocycles.